The molecule has 0 radical (unpaired) electrons. The normalized spacial score (nSPS) is 12.7. The molecule has 2 aromatic carbocycles. The third-order valence-corrected chi connectivity index (χ3v) is 5.80. The van der Waals surface area contributed by atoms with Crippen LogP contribution in [0.15, 0.2) is 59.2 Å². The molecular weight excluding hydrogens is 404 g/mol. The number of anilines is 1. The molecule has 0 unspecified atom stereocenters. The van der Waals surface area contributed by atoms with Gasteiger partial charge in [-0.3, -0.25) is 9.69 Å². The van der Waals surface area contributed by atoms with Crippen LogP contribution in [0.2, 0.25) is 0 Å². The summed E-state index contributed by atoms with van der Waals surface area (Å²) >= 11 is 1.44. The van der Waals surface area contributed by atoms with Gasteiger partial charge in [0.15, 0.2) is 16.6 Å². The Balaban J connectivity index is 1.54. The molecule has 0 N–H and O–H groups in total. The highest BCUT2D eigenvalue weighted by Gasteiger charge is 2.24. The van der Waals surface area contributed by atoms with Crippen molar-refractivity contribution in [3.05, 3.63) is 66.1 Å². The van der Waals surface area contributed by atoms with E-state index in [1.54, 1.807) is 42.5 Å². The largest absolute Gasteiger partial charge is 0.497 e. The minimum atomic E-state index is -0.200. The number of carbonyl (C=O) groups excluding carboxylic acids is 1. The fraction of sp³-hybridized carbons (Fsp3) is 0.182. The van der Waals surface area contributed by atoms with Crippen LogP contribution in [0.4, 0.5) is 5.13 Å². The molecule has 0 bridgehead atoms. The molecule has 1 aliphatic rings. The number of rotatable bonds is 5. The molecule has 4 aromatic rings. The lowest BCUT2D eigenvalue weighted by Gasteiger charge is -2.21. The molecule has 0 fully saturated rings. The van der Waals surface area contributed by atoms with Gasteiger partial charge >= 0.3 is 0 Å². The van der Waals surface area contributed by atoms with E-state index in [-0.39, 0.29) is 12.5 Å². The molecule has 5 rings (SSSR count). The van der Waals surface area contributed by atoms with Gasteiger partial charge in [0.1, 0.15) is 24.7 Å². The summed E-state index contributed by atoms with van der Waals surface area (Å²) in [6, 6.07) is 14.5. The SMILES string of the molecule is COc1ccc2sc(N(Cc3ccco3)C(=O)c3ccc4c(c3)OCCO4)nc2c1. The average molecular weight is 422 g/mol. The number of methoxy groups -OCH3 is 1. The minimum Gasteiger partial charge on any atom is -0.497 e. The molecule has 0 atom stereocenters. The van der Waals surface area contributed by atoms with Crippen LogP contribution in [-0.4, -0.2) is 31.2 Å². The van der Waals surface area contributed by atoms with Crippen LogP contribution < -0.4 is 19.1 Å². The molecule has 8 heteroatoms. The van der Waals surface area contributed by atoms with Crippen molar-refractivity contribution in [1.29, 1.82) is 0 Å². The van der Waals surface area contributed by atoms with Crippen molar-refractivity contribution in [3.8, 4) is 17.2 Å². The van der Waals surface area contributed by atoms with Crippen molar-refractivity contribution in [2.75, 3.05) is 25.2 Å². The van der Waals surface area contributed by atoms with E-state index >= 15 is 0 Å². The zero-order valence-corrected chi connectivity index (χ0v) is 17.0. The summed E-state index contributed by atoms with van der Waals surface area (Å²) in [6.45, 7) is 1.22. The van der Waals surface area contributed by atoms with E-state index in [9.17, 15) is 4.79 Å². The standard InChI is InChI=1S/C22H18N2O5S/c1-26-15-5-7-20-17(12-15)23-22(30-20)24(13-16-3-2-8-27-16)21(25)14-4-6-18-19(11-14)29-10-9-28-18/h2-8,11-12H,9-10,13H2,1H3. The van der Waals surface area contributed by atoms with Crippen LogP contribution in [0.3, 0.4) is 0 Å². The molecule has 30 heavy (non-hydrogen) atoms. The number of amides is 1. The Morgan fingerprint density at radius 2 is 2.00 bits per heavy atom. The highest BCUT2D eigenvalue weighted by atomic mass is 32.1. The first-order valence-electron chi connectivity index (χ1n) is 9.40. The maximum atomic E-state index is 13.5. The fourth-order valence-corrected chi connectivity index (χ4v) is 4.20. The predicted molar refractivity (Wildman–Crippen MR) is 113 cm³/mol. The second kappa shape index (κ2) is 7.72. The third kappa shape index (κ3) is 3.46. The van der Waals surface area contributed by atoms with Gasteiger partial charge in [0.05, 0.1) is 30.1 Å². The number of carbonyl (C=O) groups is 1. The molecule has 0 aliphatic carbocycles. The Bertz CT molecular complexity index is 1200. The van der Waals surface area contributed by atoms with Gasteiger partial charge in [-0.15, -0.1) is 0 Å². The lowest BCUT2D eigenvalue weighted by molar-refractivity contribution is 0.0982. The number of ether oxygens (including phenoxy) is 3. The first kappa shape index (κ1) is 18.5. The summed E-state index contributed by atoms with van der Waals surface area (Å²) in [5.41, 5.74) is 1.26. The second-order valence-corrected chi connectivity index (χ2v) is 7.67. The lowest BCUT2D eigenvalue weighted by atomic mass is 10.1. The molecule has 1 aliphatic heterocycles. The first-order valence-corrected chi connectivity index (χ1v) is 10.2. The monoisotopic (exact) mass is 422 g/mol. The summed E-state index contributed by atoms with van der Waals surface area (Å²) in [5.74, 6) is 2.39. The van der Waals surface area contributed by atoms with E-state index in [1.807, 2.05) is 24.3 Å². The van der Waals surface area contributed by atoms with Crippen LogP contribution in [0.5, 0.6) is 17.2 Å². The van der Waals surface area contributed by atoms with E-state index in [2.05, 4.69) is 4.98 Å². The van der Waals surface area contributed by atoms with Gasteiger partial charge in [-0.1, -0.05) is 11.3 Å². The first-order chi connectivity index (χ1) is 14.7. The highest BCUT2D eigenvalue weighted by molar-refractivity contribution is 7.22. The quantitative estimate of drug-likeness (QED) is 0.471. The van der Waals surface area contributed by atoms with Gasteiger partial charge in [-0.05, 0) is 42.5 Å². The average Bonchev–Trinajstić information content (AvgIpc) is 3.45. The van der Waals surface area contributed by atoms with E-state index in [0.29, 0.717) is 41.2 Å². The van der Waals surface area contributed by atoms with Gasteiger partial charge in [0.2, 0.25) is 0 Å². The van der Waals surface area contributed by atoms with Gasteiger partial charge < -0.3 is 18.6 Å². The number of furan rings is 1. The van der Waals surface area contributed by atoms with Crippen LogP contribution in [0.1, 0.15) is 16.1 Å². The molecule has 2 aromatic heterocycles. The maximum absolute atomic E-state index is 13.5. The van der Waals surface area contributed by atoms with E-state index in [4.69, 9.17) is 18.6 Å². The second-order valence-electron chi connectivity index (χ2n) is 6.66. The Labute approximate surface area is 176 Å². The van der Waals surface area contributed by atoms with E-state index < -0.39 is 0 Å². The summed E-state index contributed by atoms with van der Waals surface area (Å²) in [5, 5.41) is 0.578. The third-order valence-electron chi connectivity index (χ3n) is 4.74. The zero-order chi connectivity index (χ0) is 20.5. The van der Waals surface area contributed by atoms with Crippen LogP contribution >= 0.6 is 11.3 Å². The number of nitrogens with zero attached hydrogens (tertiary/aromatic N) is 2. The maximum Gasteiger partial charge on any atom is 0.260 e. The van der Waals surface area contributed by atoms with Crippen molar-refractivity contribution in [3.63, 3.8) is 0 Å². The molecule has 1 amide bonds. The number of aromatic nitrogens is 1. The van der Waals surface area contributed by atoms with Crippen LogP contribution in [-0.2, 0) is 6.54 Å². The number of thiazole rings is 1. The molecule has 3 heterocycles. The molecule has 0 saturated carbocycles. The van der Waals surface area contributed by atoms with Crippen LogP contribution in [0, 0.1) is 0 Å². The van der Waals surface area contributed by atoms with E-state index in [0.717, 1.165) is 16.0 Å². The van der Waals surface area contributed by atoms with Gasteiger partial charge in [-0.25, -0.2) is 4.98 Å². The Hall–Kier alpha value is -3.52. The van der Waals surface area contributed by atoms with Crippen molar-refractivity contribution >= 4 is 32.6 Å². The van der Waals surface area contributed by atoms with Gasteiger partial charge in [0, 0.05) is 11.6 Å². The summed E-state index contributed by atoms with van der Waals surface area (Å²) < 4.78 is 22.9. The smallest absolute Gasteiger partial charge is 0.260 e. The number of hydrogen-bond acceptors (Lipinski definition) is 7. The topological polar surface area (TPSA) is 74.0 Å². The van der Waals surface area contributed by atoms with E-state index in [1.165, 1.54) is 11.3 Å². The lowest BCUT2D eigenvalue weighted by Crippen LogP contribution is -2.30. The van der Waals surface area contributed by atoms with Crippen molar-refractivity contribution < 1.29 is 23.4 Å². The number of benzene rings is 2. The summed E-state index contributed by atoms with van der Waals surface area (Å²) in [6.07, 6.45) is 1.59. The predicted octanol–water partition coefficient (Wildman–Crippen LogP) is 4.52. The summed E-state index contributed by atoms with van der Waals surface area (Å²) in [7, 11) is 1.61. The molecular formula is C22H18N2O5S. The molecule has 152 valence electrons. The van der Waals surface area contributed by atoms with Crippen molar-refractivity contribution in [2.45, 2.75) is 6.54 Å². The fourth-order valence-electron chi connectivity index (χ4n) is 3.25. The zero-order valence-electron chi connectivity index (χ0n) is 16.2. The van der Waals surface area contributed by atoms with Gasteiger partial charge in [0.25, 0.3) is 5.91 Å². The molecule has 7 nitrogen and oxygen atoms in total. The van der Waals surface area contributed by atoms with Crippen molar-refractivity contribution in [2.24, 2.45) is 0 Å². The highest BCUT2D eigenvalue weighted by Crippen LogP contribution is 2.35. The summed E-state index contributed by atoms with van der Waals surface area (Å²) in [4.78, 5) is 19.8. The Morgan fingerprint density at radius 3 is 2.80 bits per heavy atom. The molecule has 0 saturated heterocycles. The van der Waals surface area contributed by atoms with Gasteiger partial charge in [-0.2, -0.15) is 0 Å². The Morgan fingerprint density at radius 1 is 1.13 bits per heavy atom. The van der Waals surface area contributed by atoms with Crippen LogP contribution in [0.25, 0.3) is 10.2 Å². The minimum absolute atomic E-state index is 0.200. The number of hydrogen-bond donors (Lipinski definition) is 0. The van der Waals surface area contributed by atoms with Crippen molar-refractivity contribution in [1.82, 2.24) is 4.98 Å². The molecule has 0 spiro atoms. The Kier molecular flexibility index (Phi) is 4.76. The number of fused-ring (bicyclic) bond motifs is 2.